The van der Waals surface area contributed by atoms with Gasteiger partial charge in [-0.2, -0.15) is 0 Å². The number of aryl methyl sites for hydroxylation is 1. The minimum absolute atomic E-state index is 0.135. The molecule has 5 heteroatoms. The van der Waals surface area contributed by atoms with Gasteiger partial charge in [0.05, 0.1) is 6.54 Å². The van der Waals surface area contributed by atoms with E-state index in [9.17, 15) is 9.59 Å². The zero-order valence-corrected chi connectivity index (χ0v) is 16.8. The lowest BCUT2D eigenvalue weighted by Crippen LogP contribution is -2.34. The summed E-state index contributed by atoms with van der Waals surface area (Å²) in [5, 5.41) is 3.64. The predicted molar refractivity (Wildman–Crippen MR) is 119 cm³/mol. The molecule has 0 fully saturated rings. The summed E-state index contributed by atoms with van der Waals surface area (Å²) in [5.74, 6) is -0.362. The Labute approximate surface area is 175 Å². The normalized spacial score (nSPS) is 10.8. The third-order valence-electron chi connectivity index (χ3n) is 5.10. The van der Waals surface area contributed by atoms with Gasteiger partial charge in [-0.1, -0.05) is 60.2 Å². The fourth-order valence-corrected chi connectivity index (χ4v) is 3.45. The molecule has 0 saturated heterocycles. The first-order chi connectivity index (χ1) is 14.6. The van der Waals surface area contributed by atoms with Gasteiger partial charge in [0.1, 0.15) is 11.2 Å². The Morgan fingerprint density at radius 3 is 2.50 bits per heavy atom. The lowest BCUT2D eigenvalue weighted by atomic mass is 10.1. The van der Waals surface area contributed by atoms with Crippen molar-refractivity contribution in [2.24, 2.45) is 0 Å². The van der Waals surface area contributed by atoms with Gasteiger partial charge in [0.25, 0.3) is 11.5 Å². The van der Waals surface area contributed by atoms with Gasteiger partial charge in [-0.3, -0.25) is 14.2 Å². The van der Waals surface area contributed by atoms with Gasteiger partial charge in [0.2, 0.25) is 0 Å². The van der Waals surface area contributed by atoms with Crippen LogP contribution in [-0.4, -0.2) is 22.0 Å². The molecule has 5 nitrogen and oxygen atoms in total. The largest absolute Gasteiger partial charge is 0.352 e. The van der Waals surface area contributed by atoms with Crippen LogP contribution in [0, 0.1) is 6.92 Å². The molecule has 0 aliphatic rings. The van der Waals surface area contributed by atoms with Gasteiger partial charge >= 0.3 is 0 Å². The Bertz CT molecular complexity index is 1230. The van der Waals surface area contributed by atoms with Crippen molar-refractivity contribution in [2.45, 2.75) is 19.9 Å². The summed E-state index contributed by atoms with van der Waals surface area (Å²) in [7, 11) is 0. The van der Waals surface area contributed by atoms with E-state index in [1.807, 2.05) is 67.6 Å². The number of amides is 1. The summed E-state index contributed by atoms with van der Waals surface area (Å²) in [6, 6.07) is 23.2. The number of nitrogens with zero attached hydrogens (tertiary/aromatic N) is 2. The molecule has 0 bridgehead atoms. The molecule has 0 spiro atoms. The van der Waals surface area contributed by atoms with Crippen molar-refractivity contribution < 1.29 is 4.79 Å². The second kappa shape index (κ2) is 8.74. The number of aromatic nitrogens is 2. The highest BCUT2D eigenvalue weighted by Gasteiger charge is 2.16. The minimum Gasteiger partial charge on any atom is -0.352 e. The molecule has 0 radical (unpaired) electrons. The standard InChI is InChI=1S/C25H23N3O2/c1-18-9-11-20(12-10-18)17-28-23-21(8-5-14-26-23)16-22(25(28)30)24(29)27-15-13-19-6-3-2-4-7-19/h2-12,14,16H,13,15,17H2,1H3,(H,27,29). The van der Waals surface area contributed by atoms with Crippen molar-refractivity contribution in [1.82, 2.24) is 14.9 Å². The number of fused-ring (bicyclic) bond motifs is 1. The molecule has 0 atom stereocenters. The molecular weight excluding hydrogens is 374 g/mol. The zero-order chi connectivity index (χ0) is 20.9. The van der Waals surface area contributed by atoms with Gasteiger partial charge < -0.3 is 5.32 Å². The number of rotatable bonds is 6. The summed E-state index contributed by atoms with van der Waals surface area (Å²) >= 11 is 0. The second-order valence-electron chi connectivity index (χ2n) is 7.34. The van der Waals surface area contributed by atoms with Gasteiger partial charge in [0.15, 0.2) is 0 Å². The van der Waals surface area contributed by atoms with E-state index in [-0.39, 0.29) is 17.0 Å². The van der Waals surface area contributed by atoms with Crippen molar-refractivity contribution in [2.75, 3.05) is 6.54 Å². The number of carbonyl (C=O) groups is 1. The van der Waals surface area contributed by atoms with E-state index in [4.69, 9.17) is 0 Å². The first-order valence-electron chi connectivity index (χ1n) is 9.98. The average Bonchev–Trinajstić information content (AvgIpc) is 2.77. The van der Waals surface area contributed by atoms with Crippen LogP contribution in [0.1, 0.15) is 27.0 Å². The third-order valence-corrected chi connectivity index (χ3v) is 5.10. The topological polar surface area (TPSA) is 64.0 Å². The van der Waals surface area contributed by atoms with Gasteiger partial charge in [0, 0.05) is 18.1 Å². The molecular formula is C25H23N3O2. The van der Waals surface area contributed by atoms with Gasteiger partial charge in [-0.25, -0.2) is 4.98 Å². The Kier molecular flexibility index (Phi) is 5.70. The molecule has 1 amide bonds. The van der Waals surface area contributed by atoms with Crippen molar-refractivity contribution in [3.8, 4) is 0 Å². The Morgan fingerprint density at radius 1 is 0.967 bits per heavy atom. The molecule has 4 aromatic rings. The van der Waals surface area contributed by atoms with Crippen LogP contribution < -0.4 is 10.9 Å². The number of carbonyl (C=O) groups excluding carboxylic acids is 1. The summed E-state index contributed by atoms with van der Waals surface area (Å²) in [6.07, 6.45) is 2.37. The lowest BCUT2D eigenvalue weighted by Gasteiger charge is -2.13. The number of pyridine rings is 2. The van der Waals surface area contributed by atoms with Crippen LogP contribution in [0.3, 0.4) is 0 Å². The SMILES string of the molecule is Cc1ccc(Cn2c(=O)c(C(=O)NCCc3ccccc3)cc3cccnc32)cc1. The Hall–Kier alpha value is -3.73. The molecule has 2 heterocycles. The van der Waals surface area contributed by atoms with Gasteiger partial charge in [-0.05, 0) is 42.7 Å². The zero-order valence-electron chi connectivity index (χ0n) is 16.8. The highest BCUT2D eigenvalue weighted by atomic mass is 16.2. The van der Waals surface area contributed by atoms with E-state index in [1.54, 1.807) is 22.9 Å². The smallest absolute Gasteiger partial charge is 0.265 e. The summed E-state index contributed by atoms with van der Waals surface area (Å²) in [5.41, 5.74) is 3.65. The molecule has 30 heavy (non-hydrogen) atoms. The maximum Gasteiger partial charge on any atom is 0.265 e. The van der Waals surface area contributed by atoms with Crippen LogP contribution in [0.2, 0.25) is 0 Å². The Balaban J connectivity index is 1.63. The van der Waals surface area contributed by atoms with Gasteiger partial charge in [-0.15, -0.1) is 0 Å². The highest BCUT2D eigenvalue weighted by molar-refractivity contribution is 5.96. The first kappa shape index (κ1) is 19.6. The molecule has 0 unspecified atom stereocenters. The molecule has 2 aromatic carbocycles. The fraction of sp³-hybridized carbons (Fsp3) is 0.160. The van der Waals surface area contributed by atoms with Crippen LogP contribution in [0.4, 0.5) is 0 Å². The minimum atomic E-state index is -0.362. The molecule has 150 valence electrons. The predicted octanol–water partition coefficient (Wildman–Crippen LogP) is 3.73. The number of hydrogen-bond donors (Lipinski definition) is 1. The summed E-state index contributed by atoms with van der Waals surface area (Å²) in [6.45, 7) is 2.84. The van der Waals surface area contributed by atoms with E-state index in [0.29, 0.717) is 25.2 Å². The average molecular weight is 397 g/mol. The monoisotopic (exact) mass is 397 g/mol. The molecule has 0 aliphatic carbocycles. The van der Waals surface area contributed by atoms with Crippen LogP contribution in [0.5, 0.6) is 0 Å². The highest BCUT2D eigenvalue weighted by Crippen LogP contribution is 2.13. The fourth-order valence-electron chi connectivity index (χ4n) is 3.45. The number of hydrogen-bond acceptors (Lipinski definition) is 3. The first-order valence-corrected chi connectivity index (χ1v) is 9.98. The van der Waals surface area contributed by atoms with Crippen molar-refractivity contribution in [1.29, 1.82) is 0 Å². The van der Waals surface area contributed by atoms with E-state index in [1.165, 1.54) is 0 Å². The number of benzene rings is 2. The lowest BCUT2D eigenvalue weighted by molar-refractivity contribution is 0.0952. The van der Waals surface area contributed by atoms with E-state index >= 15 is 0 Å². The van der Waals surface area contributed by atoms with E-state index < -0.39 is 0 Å². The third kappa shape index (κ3) is 4.30. The molecule has 0 aliphatic heterocycles. The second-order valence-corrected chi connectivity index (χ2v) is 7.34. The molecule has 1 N–H and O–H groups in total. The van der Waals surface area contributed by atoms with Crippen LogP contribution in [0.25, 0.3) is 11.0 Å². The van der Waals surface area contributed by atoms with Crippen LogP contribution in [0.15, 0.2) is 83.8 Å². The van der Waals surface area contributed by atoms with Crippen LogP contribution >= 0.6 is 0 Å². The summed E-state index contributed by atoms with van der Waals surface area (Å²) in [4.78, 5) is 30.4. The Morgan fingerprint density at radius 2 is 1.73 bits per heavy atom. The van der Waals surface area contributed by atoms with Crippen molar-refractivity contribution in [3.05, 3.63) is 112 Å². The van der Waals surface area contributed by atoms with Crippen molar-refractivity contribution >= 4 is 16.9 Å². The quantitative estimate of drug-likeness (QED) is 0.539. The van der Waals surface area contributed by atoms with Crippen molar-refractivity contribution in [3.63, 3.8) is 0 Å². The number of nitrogens with one attached hydrogen (secondary N) is 1. The molecule has 0 saturated carbocycles. The van der Waals surface area contributed by atoms with E-state index in [0.717, 1.165) is 22.1 Å². The molecule has 2 aromatic heterocycles. The maximum absolute atomic E-state index is 13.2. The maximum atomic E-state index is 13.2. The molecule has 4 rings (SSSR count). The van der Waals surface area contributed by atoms with E-state index in [2.05, 4.69) is 10.3 Å². The van der Waals surface area contributed by atoms with Crippen LogP contribution in [-0.2, 0) is 13.0 Å². The summed E-state index contributed by atoms with van der Waals surface area (Å²) < 4.78 is 1.58.